The summed E-state index contributed by atoms with van der Waals surface area (Å²) in [5.74, 6) is -0.259. The number of imidazole rings is 1. The van der Waals surface area contributed by atoms with Gasteiger partial charge in [0.05, 0.1) is 25.7 Å². The van der Waals surface area contributed by atoms with E-state index in [1.807, 2.05) is 5.09 Å². The molecule has 0 amide bonds. The molecule has 3 aromatic rings. The van der Waals surface area contributed by atoms with Crippen LogP contribution in [0.4, 0.5) is 5.82 Å². The summed E-state index contributed by atoms with van der Waals surface area (Å²) in [5, 5.41) is 34.8. The Hall–Kier alpha value is -2.91. The number of hydrogen-bond donors (Lipinski definition) is 6. The van der Waals surface area contributed by atoms with Gasteiger partial charge in [-0.15, -0.1) is 0 Å². The summed E-state index contributed by atoms with van der Waals surface area (Å²) >= 11 is 0. The molecule has 1 fully saturated rings. The predicted octanol–water partition coefficient (Wildman–Crippen LogP) is -0.170. The van der Waals surface area contributed by atoms with Crippen molar-refractivity contribution in [2.24, 2.45) is 0 Å². The van der Waals surface area contributed by atoms with Gasteiger partial charge in [0.1, 0.15) is 36.4 Å². The Morgan fingerprint density at radius 3 is 2.82 bits per heavy atom. The number of furan rings is 1. The zero-order valence-electron chi connectivity index (χ0n) is 17.8. The molecule has 6 atom stereocenters. The number of aliphatic hydroxyl groups excluding tert-OH is 2. The maximum Gasteiger partial charge on any atom is 0.403 e. The molecule has 184 valence electrons. The van der Waals surface area contributed by atoms with E-state index in [1.165, 1.54) is 24.1 Å². The molecule has 15 nitrogen and oxygen atoms in total. The molecule has 1 aliphatic rings. The fourth-order valence-corrected chi connectivity index (χ4v) is 4.38. The lowest BCUT2D eigenvalue weighted by Gasteiger charge is -2.19. The van der Waals surface area contributed by atoms with Crippen LogP contribution < -0.4 is 10.4 Å². The van der Waals surface area contributed by atoms with Gasteiger partial charge in [0, 0.05) is 0 Å². The Bertz CT molecular complexity index is 1190. The number of hydrogen-bond acceptors (Lipinski definition) is 11. The number of fused-ring (bicyclic) bond motifs is 1. The molecule has 0 spiro atoms. The topological polar surface area (TPSA) is 214 Å². The molecule has 0 aromatic carbocycles. The Morgan fingerprint density at radius 2 is 2.12 bits per heavy atom. The minimum Gasteiger partial charge on any atom is -0.480 e. The van der Waals surface area contributed by atoms with E-state index in [-0.39, 0.29) is 0 Å². The summed E-state index contributed by atoms with van der Waals surface area (Å²) < 4.78 is 29.3. The predicted molar refractivity (Wildman–Crippen MR) is 113 cm³/mol. The first-order valence-electron chi connectivity index (χ1n) is 10.1. The molecular formula is C18H23N6O9P. The number of carboxylic acids is 1. The number of ether oxygens (including phenoxy) is 1. The number of rotatable bonds is 10. The van der Waals surface area contributed by atoms with Crippen molar-refractivity contribution in [2.45, 2.75) is 44.1 Å². The number of carbonyl (C=O) groups is 1. The van der Waals surface area contributed by atoms with Crippen molar-refractivity contribution in [3.63, 3.8) is 0 Å². The van der Waals surface area contributed by atoms with Crippen molar-refractivity contribution in [1.82, 2.24) is 24.6 Å². The van der Waals surface area contributed by atoms with Crippen molar-refractivity contribution in [3.8, 4) is 0 Å². The number of aromatic nitrogens is 4. The van der Waals surface area contributed by atoms with Gasteiger partial charge in [0.15, 0.2) is 23.2 Å². The van der Waals surface area contributed by atoms with Gasteiger partial charge in [-0.1, -0.05) is 0 Å². The molecule has 0 bridgehead atoms. The van der Waals surface area contributed by atoms with Crippen LogP contribution in [0.2, 0.25) is 0 Å². The van der Waals surface area contributed by atoms with Gasteiger partial charge in [-0.05, 0) is 19.1 Å². The fourth-order valence-electron chi connectivity index (χ4n) is 3.36. The van der Waals surface area contributed by atoms with Gasteiger partial charge < -0.3 is 34.7 Å². The summed E-state index contributed by atoms with van der Waals surface area (Å²) in [5.41, 5.74) is 0.685. The zero-order chi connectivity index (χ0) is 24.5. The van der Waals surface area contributed by atoms with E-state index in [0.29, 0.717) is 29.3 Å². The van der Waals surface area contributed by atoms with Gasteiger partial charge in [0.25, 0.3) is 0 Å². The van der Waals surface area contributed by atoms with E-state index in [2.05, 4.69) is 20.3 Å². The first-order valence-corrected chi connectivity index (χ1v) is 11.7. The second-order valence-corrected chi connectivity index (χ2v) is 9.09. The molecule has 0 aliphatic carbocycles. The minimum absolute atomic E-state index is 0.305. The van der Waals surface area contributed by atoms with E-state index in [1.54, 1.807) is 18.4 Å². The largest absolute Gasteiger partial charge is 0.480 e. The molecule has 1 saturated heterocycles. The molecule has 16 heteroatoms. The van der Waals surface area contributed by atoms with Crippen molar-refractivity contribution in [2.75, 3.05) is 11.9 Å². The lowest BCUT2D eigenvalue weighted by atomic mass is 10.1. The number of aliphatic hydroxyl groups is 2. The third-order valence-electron chi connectivity index (χ3n) is 5.12. The summed E-state index contributed by atoms with van der Waals surface area (Å²) in [4.78, 5) is 33.3. The number of anilines is 1. The molecule has 4 rings (SSSR count). The highest BCUT2D eigenvalue weighted by Crippen LogP contribution is 2.40. The number of carboxylic acid groups (broad SMARTS) is 1. The number of nitrogens with one attached hydrogen (secondary N) is 2. The van der Waals surface area contributed by atoms with Gasteiger partial charge in [0.2, 0.25) is 0 Å². The molecule has 0 saturated carbocycles. The van der Waals surface area contributed by atoms with E-state index in [9.17, 15) is 24.5 Å². The average molecular weight is 498 g/mol. The van der Waals surface area contributed by atoms with Crippen LogP contribution in [0.25, 0.3) is 11.2 Å². The maximum absolute atomic E-state index is 12.1. The normalized spacial score (nSPS) is 25.3. The third kappa shape index (κ3) is 5.10. The van der Waals surface area contributed by atoms with Crippen molar-refractivity contribution in [3.05, 3.63) is 36.8 Å². The standard InChI is InChI=1S/C18H23N6O9P/c1-9(18(27)28)23-34(29,30)32-6-11-13(25)14(26)17(33-11)24-8-22-12-15(20-7-21-16(12)24)19-5-10-3-2-4-31-10/h2-4,7-9,11,13-14,17,25-26H,5-6H2,1H3,(H,27,28)(H,19,20,21)(H2,23,29,30)/t9-,11+,13+,14+,17+/m0/s1. The molecule has 0 radical (unpaired) electrons. The van der Waals surface area contributed by atoms with E-state index >= 15 is 0 Å². The van der Waals surface area contributed by atoms with Crippen molar-refractivity contribution in [1.29, 1.82) is 0 Å². The lowest BCUT2D eigenvalue weighted by molar-refractivity contribution is -0.138. The van der Waals surface area contributed by atoms with Crippen LogP contribution in [-0.4, -0.2) is 76.7 Å². The Labute approximate surface area is 192 Å². The highest BCUT2D eigenvalue weighted by atomic mass is 31.2. The maximum atomic E-state index is 12.1. The number of nitrogens with zero attached hydrogens (tertiary/aromatic N) is 4. The van der Waals surface area contributed by atoms with E-state index < -0.39 is 50.9 Å². The van der Waals surface area contributed by atoms with Crippen LogP contribution in [0.5, 0.6) is 0 Å². The van der Waals surface area contributed by atoms with Crippen LogP contribution in [0.15, 0.2) is 35.5 Å². The average Bonchev–Trinajstić information content (AvgIpc) is 3.52. The SMILES string of the molecule is C[C@H](NP(=O)(O)OC[C@H]1O[C@@H](n2cnc3c(NCc4ccco4)ncnc32)[C@H](O)[C@@H]1O)C(=O)O. The highest BCUT2D eigenvalue weighted by Gasteiger charge is 2.45. The van der Waals surface area contributed by atoms with Gasteiger partial charge in [-0.3, -0.25) is 13.9 Å². The molecule has 34 heavy (non-hydrogen) atoms. The lowest BCUT2D eigenvalue weighted by Crippen LogP contribution is -2.35. The van der Waals surface area contributed by atoms with Crippen LogP contribution >= 0.6 is 7.75 Å². The highest BCUT2D eigenvalue weighted by molar-refractivity contribution is 7.50. The molecular weight excluding hydrogens is 475 g/mol. The first kappa shape index (κ1) is 24.2. The fraction of sp³-hybridized carbons (Fsp3) is 0.444. The Kier molecular flexibility index (Phi) is 6.95. The quantitative estimate of drug-likeness (QED) is 0.200. The second kappa shape index (κ2) is 9.76. The second-order valence-electron chi connectivity index (χ2n) is 7.53. The van der Waals surface area contributed by atoms with Gasteiger partial charge in [-0.2, -0.15) is 0 Å². The van der Waals surface area contributed by atoms with Crippen LogP contribution in [0.3, 0.4) is 0 Å². The molecule has 4 heterocycles. The summed E-state index contributed by atoms with van der Waals surface area (Å²) in [6.45, 7) is 0.917. The molecule has 1 unspecified atom stereocenters. The summed E-state index contributed by atoms with van der Waals surface area (Å²) in [6.07, 6.45) is -1.05. The van der Waals surface area contributed by atoms with Gasteiger partial charge in [-0.25, -0.2) is 24.6 Å². The van der Waals surface area contributed by atoms with Crippen molar-refractivity contribution < 1.29 is 43.3 Å². The molecule has 6 N–H and O–H groups in total. The molecule has 1 aliphatic heterocycles. The zero-order valence-corrected chi connectivity index (χ0v) is 18.6. The third-order valence-corrected chi connectivity index (χ3v) is 6.33. The minimum atomic E-state index is -4.51. The van der Waals surface area contributed by atoms with E-state index in [4.69, 9.17) is 18.8 Å². The summed E-state index contributed by atoms with van der Waals surface area (Å²) in [6, 6.07) is 2.19. The smallest absolute Gasteiger partial charge is 0.403 e. The summed E-state index contributed by atoms with van der Waals surface area (Å²) in [7, 11) is -4.51. The molecule has 3 aromatic heterocycles. The van der Waals surface area contributed by atoms with Crippen LogP contribution in [0.1, 0.15) is 18.9 Å². The monoisotopic (exact) mass is 498 g/mol. The van der Waals surface area contributed by atoms with E-state index in [0.717, 1.165) is 0 Å². The van der Waals surface area contributed by atoms with Crippen LogP contribution in [0, 0.1) is 0 Å². The Balaban J connectivity index is 1.46. The Morgan fingerprint density at radius 1 is 1.32 bits per heavy atom. The van der Waals surface area contributed by atoms with Gasteiger partial charge >= 0.3 is 13.7 Å². The number of aliphatic carboxylic acids is 1. The first-order chi connectivity index (χ1) is 16.2. The van der Waals surface area contributed by atoms with Crippen molar-refractivity contribution >= 4 is 30.7 Å². The van der Waals surface area contributed by atoms with Crippen LogP contribution in [-0.2, 0) is 25.2 Å².